The van der Waals surface area contributed by atoms with E-state index in [0.717, 1.165) is 22.4 Å². The Morgan fingerprint density at radius 2 is 2.00 bits per heavy atom. The number of imidazole rings is 1. The van der Waals surface area contributed by atoms with Crippen molar-refractivity contribution in [2.24, 2.45) is 7.05 Å². The fourth-order valence-corrected chi connectivity index (χ4v) is 1.88. The van der Waals surface area contributed by atoms with Crippen LogP contribution < -0.4 is 0 Å². The zero-order valence-corrected chi connectivity index (χ0v) is 9.57. The lowest BCUT2D eigenvalue weighted by molar-refractivity contribution is 0.0798. The van der Waals surface area contributed by atoms with Crippen molar-refractivity contribution < 1.29 is 5.11 Å². The molecule has 0 unspecified atom stereocenters. The van der Waals surface area contributed by atoms with E-state index in [2.05, 4.69) is 4.98 Å². The molecule has 0 spiro atoms. The molecule has 0 atom stereocenters. The highest BCUT2D eigenvalue weighted by Crippen LogP contribution is 2.28. The second-order valence-corrected chi connectivity index (χ2v) is 4.45. The molecule has 0 fully saturated rings. The molecular formula is C12H16N2O. The first-order chi connectivity index (χ1) is 6.91. The molecule has 3 heteroatoms. The van der Waals surface area contributed by atoms with Crippen LogP contribution in [0.25, 0.3) is 11.0 Å². The fraction of sp³-hybridized carbons (Fsp3) is 0.417. The van der Waals surface area contributed by atoms with E-state index in [0.29, 0.717) is 0 Å². The Bertz CT molecular complexity index is 506. The van der Waals surface area contributed by atoms with Gasteiger partial charge in [0.15, 0.2) is 0 Å². The van der Waals surface area contributed by atoms with Crippen LogP contribution in [0, 0.1) is 6.92 Å². The van der Waals surface area contributed by atoms with Crippen molar-refractivity contribution >= 4 is 11.0 Å². The summed E-state index contributed by atoms with van der Waals surface area (Å²) in [7, 11) is 1.97. The van der Waals surface area contributed by atoms with E-state index in [1.165, 1.54) is 0 Å². The first-order valence-electron chi connectivity index (χ1n) is 5.06. The molecule has 0 aliphatic carbocycles. The van der Waals surface area contributed by atoms with E-state index in [-0.39, 0.29) is 0 Å². The maximum atomic E-state index is 10.1. The van der Waals surface area contributed by atoms with Crippen molar-refractivity contribution in [2.75, 3.05) is 0 Å². The lowest BCUT2D eigenvalue weighted by Gasteiger charge is -2.19. The molecule has 0 amide bonds. The second kappa shape index (κ2) is 3.07. The van der Waals surface area contributed by atoms with E-state index < -0.39 is 5.60 Å². The largest absolute Gasteiger partial charge is 0.386 e. The molecule has 1 aromatic carbocycles. The van der Waals surface area contributed by atoms with Crippen molar-refractivity contribution in [3.8, 4) is 0 Å². The van der Waals surface area contributed by atoms with Crippen molar-refractivity contribution in [1.82, 2.24) is 9.55 Å². The van der Waals surface area contributed by atoms with Crippen LogP contribution in [0.2, 0.25) is 0 Å². The zero-order chi connectivity index (χ0) is 11.2. The molecule has 80 valence electrons. The SMILES string of the molecule is Cc1nc2cccc(C(C)(C)O)c2n1C. The topological polar surface area (TPSA) is 38.1 Å². The fourth-order valence-electron chi connectivity index (χ4n) is 1.88. The molecule has 0 aliphatic rings. The third kappa shape index (κ3) is 1.53. The number of hydrogen-bond donors (Lipinski definition) is 1. The van der Waals surface area contributed by atoms with Crippen molar-refractivity contribution in [1.29, 1.82) is 0 Å². The van der Waals surface area contributed by atoms with Crippen molar-refractivity contribution in [3.63, 3.8) is 0 Å². The lowest BCUT2D eigenvalue weighted by Crippen LogP contribution is -2.16. The van der Waals surface area contributed by atoms with Gasteiger partial charge in [-0.2, -0.15) is 0 Å². The number of para-hydroxylation sites is 1. The van der Waals surface area contributed by atoms with Crippen molar-refractivity contribution in [3.05, 3.63) is 29.6 Å². The lowest BCUT2D eigenvalue weighted by atomic mass is 9.97. The number of rotatable bonds is 1. The molecule has 0 aliphatic heterocycles. The number of hydrogen-bond acceptors (Lipinski definition) is 2. The number of aryl methyl sites for hydroxylation is 2. The molecule has 1 aromatic heterocycles. The normalized spacial score (nSPS) is 12.3. The van der Waals surface area contributed by atoms with E-state index in [1.807, 2.05) is 36.7 Å². The molecular weight excluding hydrogens is 188 g/mol. The number of aliphatic hydroxyl groups is 1. The van der Waals surface area contributed by atoms with Gasteiger partial charge in [-0.05, 0) is 26.8 Å². The van der Waals surface area contributed by atoms with Gasteiger partial charge in [0, 0.05) is 12.6 Å². The number of aromatic nitrogens is 2. The third-order valence-corrected chi connectivity index (χ3v) is 2.78. The van der Waals surface area contributed by atoms with Gasteiger partial charge < -0.3 is 9.67 Å². The van der Waals surface area contributed by atoms with Gasteiger partial charge in [0.05, 0.1) is 16.6 Å². The van der Waals surface area contributed by atoms with E-state index in [9.17, 15) is 5.11 Å². The van der Waals surface area contributed by atoms with Gasteiger partial charge >= 0.3 is 0 Å². The van der Waals surface area contributed by atoms with Crippen LogP contribution in [0.3, 0.4) is 0 Å². The van der Waals surface area contributed by atoms with Crippen LogP contribution in [0.15, 0.2) is 18.2 Å². The molecule has 0 bridgehead atoms. The summed E-state index contributed by atoms with van der Waals surface area (Å²) in [6, 6.07) is 5.85. The average molecular weight is 204 g/mol. The minimum atomic E-state index is -0.834. The van der Waals surface area contributed by atoms with Crippen LogP contribution in [0.4, 0.5) is 0 Å². The zero-order valence-electron chi connectivity index (χ0n) is 9.57. The average Bonchev–Trinajstić information content (AvgIpc) is 2.41. The number of nitrogens with zero attached hydrogens (tertiary/aromatic N) is 2. The summed E-state index contributed by atoms with van der Waals surface area (Å²) in [5, 5.41) is 10.1. The summed E-state index contributed by atoms with van der Waals surface area (Å²) < 4.78 is 2.02. The van der Waals surface area contributed by atoms with Crippen LogP contribution >= 0.6 is 0 Å². The van der Waals surface area contributed by atoms with E-state index >= 15 is 0 Å². The molecule has 3 nitrogen and oxygen atoms in total. The van der Waals surface area contributed by atoms with Gasteiger partial charge in [-0.15, -0.1) is 0 Å². The summed E-state index contributed by atoms with van der Waals surface area (Å²) in [5.74, 6) is 0.960. The monoisotopic (exact) mass is 204 g/mol. The predicted molar refractivity (Wildman–Crippen MR) is 60.7 cm³/mol. The molecule has 1 heterocycles. The summed E-state index contributed by atoms with van der Waals surface area (Å²) >= 11 is 0. The van der Waals surface area contributed by atoms with Crippen LogP contribution in [0.5, 0.6) is 0 Å². The Hall–Kier alpha value is -1.35. The van der Waals surface area contributed by atoms with Gasteiger partial charge in [0.25, 0.3) is 0 Å². The standard InChI is InChI=1S/C12H16N2O/c1-8-13-10-7-5-6-9(12(2,3)15)11(10)14(8)4/h5-7,15H,1-4H3. The van der Waals surface area contributed by atoms with E-state index in [4.69, 9.17) is 0 Å². The first kappa shape index (κ1) is 10.2. The molecule has 0 radical (unpaired) electrons. The third-order valence-electron chi connectivity index (χ3n) is 2.78. The Labute approximate surface area is 89.4 Å². The number of benzene rings is 1. The molecule has 2 rings (SSSR count). The molecule has 2 aromatic rings. The summed E-state index contributed by atoms with van der Waals surface area (Å²) in [4.78, 5) is 4.44. The highest BCUT2D eigenvalue weighted by Gasteiger charge is 2.21. The molecule has 1 N–H and O–H groups in total. The maximum Gasteiger partial charge on any atom is 0.106 e. The molecule has 0 saturated carbocycles. The molecule has 0 saturated heterocycles. The smallest absolute Gasteiger partial charge is 0.106 e. The van der Waals surface area contributed by atoms with Gasteiger partial charge in [-0.3, -0.25) is 0 Å². The minimum Gasteiger partial charge on any atom is -0.386 e. The van der Waals surface area contributed by atoms with Gasteiger partial charge in [0.1, 0.15) is 5.82 Å². The number of fused-ring (bicyclic) bond motifs is 1. The Morgan fingerprint density at radius 1 is 1.33 bits per heavy atom. The van der Waals surface area contributed by atoms with Gasteiger partial charge in [-0.25, -0.2) is 4.98 Å². The van der Waals surface area contributed by atoms with E-state index in [1.54, 1.807) is 13.8 Å². The second-order valence-electron chi connectivity index (χ2n) is 4.45. The maximum absolute atomic E-state index is 10.1. The van der Waals surface area contributed by atoms with Crippen LogP contribution in [0.1, 0.15) is 25.2 Å². The Balaban J connectivity index is 2.86. The highest BCUT2D eigenvalue weighted by atomic mass is 16.3. The van der Waals surface area contributed by atoms with Crippen LogP contribution in [-0.2, 0) is 12.6 Å². The Morgan fingerprint density at radius 3 is 2.60 bits per heavy atom. The predicted octanol–water partition coefficient (Wildman–Crippen LogP) is 2.11. The van der Waals surface area contributed by atoms with Gasteiger partial charge in [0.2, 0.25) is 0 Å². The highest BCUT2D eigenvalue weighted by molar-refractivity contribution is 5.80. The molecule has 15 heavy (non-hydrogen) atoms. The first-order valence-corrected chi connectivity index (χ1v) is 5.06. The summed E-state index contributed by atoms with van der Waals surface area (Å²) in [6.45, 7) is 5.56. The van der Waals surface area contributed by atoms with Crippen LogP contribution in [-0.4, -0.2) is 14.7 Å². The van der Waals surface area contributed by atoms with Gasteiger partial charge in [-0.1, -0.05) is 12.1 Å². The Kier molecular flexibility index (Phi) is 2.08. The summed E-state index contributed by atoms with van der Waals surface area (Å²) in [6.07, 6.45) is 0. The minimum absolute atomic E-state index is 0.834. The quantitative estimate of drug-likeness (QED) is 0.772. The van der Waals surface area contributed by atoms with Crippen molar-refractivity contribution in [2.45, 2.75) is 26.4 Å². The summed E-state index contributed by atoms with van der Waals surface area (Å²) in [5.41, 5.74) is 2.04.